The molecule has 6 nitrogen and oxygen atoms in total. The van der Waals surface area contributed by atoms with Gasteiger partial charge in [0.2, 0.25) is 5.91 Å². The van der Waals surface area contributed by atoms with E-state index in [9.17, 15) is 9.90 Å². The van der Waals surface area contributed by atoms with E-state index in [0.29, 0.717) is 13.0 Å². The molecular formula is C17H24N4O2. The summed E-state index contributed by atoms with van der Waals surface area (Å²) in [6.45, 7) is 6.64. The predicted octanol–water partition coefficient (Wildman–Crippen LogP) is 1.52. The summed E-state index contributed by atoms with van der Waals surface area (Å²) in [6, 6.07) is 7.73. The number of benzene rings is 1. The number of nitrogens with one attached hydrogen (secondary N) is 2. The zero-order chi connectivity index (χ0) is 16.6. The molecule has 0 spiro atoms. The van der Waals surface area contributed by atoms with Gasteiger partial charge in [-0.05, 0) is 39.3 Å². The first kappa shape index (κ1) is 16.0. The number of carbonyl (C=O) groups is 1. The van der Waals surface area contributed by atoms with Crippen molar-refractivity contribution >= 4 is 16.9 Å². The Labute approximate surface area is 135 Å². The highest BCUT2D eigenvalue weighted by Crippen LogP contribution is 2.25. The Morgan fingerprint density at radius 2 is 2.13 bits per heavy atom. The third-order valence-electron chi connectivity index (χ3n) is 4.31. The predicted molar refractivity (Wildman–Crippen MR) is 89.1 cm³/mol. The maximum atomic E-state index is 12.3. The molecule has 124 valence electrons. The second-order valence-corrected chi connectivity index (χ2v) is 6.50. The molecule has 23 heavy (non-hydrogen) atoms. The molecule has 3 atom stereocenters. The maximum Gasteiger partial charge on any atom is 0.237 e. The molecule has 1 amide bonds. The van der Waals surface area contributed by atoms with Crippen LogP contribution in [-0.2, 0) is 4.79 Å². The summed E-state index contributed by atoms with van der Waals surface area (Å²) in [5.74, 6) is 0.768. The van der Waals surface area contributed by atoms with Gasteiger partial charge >= 0.3 is 0 Å². The minimum atomic E-state index is -0.443. The Morgan fingerprint density at radius 3 is 2.78 bits per heavy atom. The van der Waals surface area contributed by atoms with Crippen LogP contribution in [0.3, 0.4) is 0 Å². The SMILES string of the molecule is CC(NC(=O)C1CC(O)CN1)c1nc2ccccc2n1C(C)C. The molecule has 1 aromatic heterocycles. The molecule has 1 aromatic carbocycles. The monoisotopic (exact) mass is 316 g/mol. The van der Waals surface area contributed by atoms with Crippen LogP contribution in [0, 0.1) is 0 Å². The van der Waals surface area contributed by atoms with E-state index in [2.05, 4.69) is 35.1 Å². The molecule has 1 aliphatic rings. The number of aromatic nitrogens is 2. The average molecular weight is 316 g/mol. The number of carbonyl (C=O) groups excluding carboxylic acids is 1. The fourth-order valence-electron chi connectivity index (χ4n) is 3.21. The number of imidazole rings is 1. The minimum absolute atomic E-state index is 0.0867. The number of rotatable bonds is 4. The lowest BCUT2D eigenvalue weighted by molar-refractivity contribution is -0.123. The lowest BCUT2D eigenvalue weighted by Crippen LogP contribution is -2.42. The second-order valence-electron chi connectivity index (χ2n) is 6.50. The number of para-hydroxylation sites is 2. The highest BCUT2D eigenvalue weighted by atomic mass is 16.3. The van der Waals surface area contributed by atoms with Crippen molar-refractivity contribution in [3.05, 3.63) is 30.1 Å². The number of aliphatic hydroxyl groups is 1. The summed E-state index contributed by atoms with van der Waals surface area (Å²) in [6.07, 6.45) is 0.0142. The normalized spacial score (nSPS) is 22.7. The van der Waals surface area contributed by atoms with Gasteiger partial charge in [0.05, 0.1) is 29.2 Å². The lowest BCUT2D eigenvalue weighted by Gasteiger charge is -2.20. The number of aliphatic hydroxyl groups excluding tert-OH is 1. The van der Waals surface area contributed by atoms with E-state index < -0.39 is 6.10 Å². The summed E-state index contributed by atoms with van der Waals surface area (Å²) in [5.41, 5.74) is 2.01. The van der Waals surface area contributed by atoms with Gasteiger partial charge in [-0.3, -0.25) is 4.79 Å². The van der Waals surface area contributed by atoms with Crippen LogP contribution in [0.4, 0.5) is 0 Å². The number of β-amino-alcohol motifs (C(OH)–C–C–N with tert-alkyl or cyclic N) is 1. The molecule has 0 saturated carbocycles. The van der Waals surface area contributed by atoms with Crippen molar-refractivity contribution in [3.63, 3.8) is 0 Å². The van der Waals surface area contributed by atoms with Gasteiger partial charge < -0.3 is 20.3 Å². The largest absolute Gasteiger partial charge is 0.392 e. The molecule has 2 heterocycles. The van der Waals surface area contributed by atoms with Crippen LogP contribution in [0.1, 0.15) is 45.1 Å². The van der Waals surface area contributed by atoms with Gasteiger partial charge in [0.15, 0.2) is 0 Å². The van der Waals surface area contributed by atoms with Gasteiger partial charge in [-0.15, -0.1) is 0 Å². The zero-order valence-corrected chi connectivity index (χ0v) is 13.8. The molecule has 1 fully saturated rings. The van der Waals surface area contributed by atoms with Crippen LogP contribution in [0.15, 0.2) is 24.3 Å². The summed E-state index contributed by atoms with van der Waals surface area (Å²) in [7, 11) is 0. The quantitative estimate of drug-likeness (QED) is 0.799. The maximum absolute atomic E-state index is 12.3. The smallest absolute Gasteiger partial charge is 0.237 e. The Bertz CT molecular complexity index is 710. The Balaban J connectivity index is 1.84. The number of fused-ring (bicyclic) bond motifs is 1. The highest BCUT2D eigenvalue weighted by Gasteiger charge is 2.29. The van der Waals surface area contributed by atoms with Crippen molar-refractivity contribution in [2.75, 3.05) is 6.54 Å². The third-order valence-corrected chi connectivity index (χ3v) is 4.31. The zero-order valence-electron chi connectivity index (χ0n) is 13.8. The van der Waals surface area contributed by atoms with Crippen molar-refractivity contribution in [2.45, 2.75) is 51.4 Å². The first-order chi connectivity index (χ1) is 11.0. The van der Waals surface area contributed by atoms with E-state index in [-0.39, 0.29) is 24.0 Å². The van der Waals surface area contributed by atoms with Crippen LogP contribution in [0.2, 0.25) is 0 Å². The van der Waals surface area contributed by atoms with E-state index in [0.717, 1.165) is 16.9 Å². The van der Waals surface area contributed by atoms with Gasteiger partial charge in [0.1, 0.15) is 5.82 Å². The Hall–Kier alpha value is -1.92. The molecule has 3 unspecified atom stereocenters. The summed E-state index contributed by atoms with van der Waals surface area (Å²) in [5, 5.41) is 15.6. The number of nitrogens with zero attached hydrogens (tertiary/aromatic N) is 2. The van der Waals surface area contributed by atoms with Crippen molar-refractivity contribution in [1.82, 2.24) is 20.2 Å². The van der Waals surface area contributed by atoms with E-state index in [1.807, 2.05) is 25.1 Å². The highest BCUT2D eigenvalue weighted by molar-refractivity contribution is 5.83. The summed E-state index contributed by atoms with van der Waals surface area (Å²) in [4.78, 5) is 17.1. The molecule has 2 aromatic rings. The average Bonchev–Trinajstić information content (AvgIpc) is 3.10. The standard InChI is InChI=1S/C17H24N4O2/c1-10(2)21-15-7-5-4-6-13(15)20-16(21)11(3)19-17(23)14-8-12(22)9-18-14/h4-7,10-12,14,18,22H,8-9H2,1-3H3,(H,19,23). The molecule has 6 heteroatoms. The van der Waals surface area contributed by atoms with Gasteiger partial charge in [-0.25, -0.2) is 4.98 Å². The van der Waals surface area contributed by atoms with E-state index in [1.165, 1.54) is 0 Å². The van der Waals surface area contributed by atoms with E-state index in [4.69, 9.17) is 4.98 Å². The number of hydrogen-bond acceptors (Lipinski definition) is 4. The van der Waals surface area contributed by atoms with Crippen molar-refractivity contribution in [3.8, 4) is 0 Å². The van der Waals surface area contributed by atoms with Crippen LogP contribution >= 0.6 is 0 Å². The van der Waals surface area contributed by atoms with Crippen molar-refractivity contribution in [1.29, 1.82) is 0 Å². The van der Waals surface area contributed by atoms with Crippen LogP contribution in [-0.4, -0.2) is 39.3 Å². The van der Waals surface area contributed by atoms with Gasteiger partial charge in [-0.2, -0.15) is 0 Å². The lowest BCUT2D eigenvalue weighted by atomic mass is 10.1. The van der Waals surface area contributed by atoms with Crippen molar-refractivity contribution in [2.24, 2.45) is 0 Å². The summed E-state index contributed by atoms with van der Waals surface area (Å²) >= 11 is 0. The van der Waals surface area contributed by atoms with Crippen LogP contribution in [0.5, 0.6) is 0 Å². The topological polar surface area (TPSA) is 79.2 Å². The molecule has 3 rings (SSSR count). The third kappa shape index (κ3) is 3.09. The molecule has 0 aliphatic carbocycles. The molecule has 1 aliphatic heterocycles. The Morgan fingerprint density at radius 1 is 1.39 bits per heavy atom. The molecule has 1 saturated heterocycles. The molecule has 0 bridgehead atoms. The Kier molecular flexibility index (Phi) is 4.37. The molecule has 0 radical (unpaired) electrons. The fourth-order valence-corrected chi connectivity index (χ4v) is 3.21. The first-order valence-electron chi connectivity index (χ1n) is 8.16. The summed E-state index contributed by atoms with van der Waals surface area (Å²) < 4.78 is 2.16. The van der Waals surface area contributed by atoms with E-state index >= 15 is 0 Å². The molecular weight excluding hydrogens is 292 g/mol. The second kappa shape index (κ2) is 6.29. The molecule has 3 N–H and O–H groups in total. The van der Waals surface area contributed by atoms with E-state index in [1.54, 1.807) is 0 Å². The van der Waals surface area contributed by atoms with Crippen LogP contribution in [0.25, 0.3) is 11.0 Å². The van der Waals surface area contributed by atoms with Gasteiger partial charge in [0, 0.05) is 12.6 Å². The number of amides is 1. The van der Waals surface area contributed by atoms with Crippen molar-refractivity contribution < 1.29 is 9.90 Å². The van der Waals surface area contributed by atoms with Gasteiger partial charge in [-0.1, -0.05) is 12.1 Å². The first-order valence-corrected chi connectivity index (χ1v) is 8.16. The minimum Gasteiger partial charge on any atom is -0.392 e. The number of hydrogen-bond donors (Lipinski definition) is 3. The fraction of sp³-hybridized carbons (Fsp3) is 0.529. The van der Waals surface area contributed by atoms with Crippen LogP contribution < -0.4 is 10.6 Å². The van der Waals surface area contributed by atoms with Gasteiger partial charge in [0.25, 0.3) is 0 Å².